The third kappa shape index (κ3) is 3.16. The number of ether oxygens (including phenoxy) is 1. The number of aromatic nitrogens is 3. The van der Waals surface area contributed by atoms with Crippen LogP contribution in [-0.2, 0) is 4.74 Å². The number of aliphatic hydroxyl groups excluding tert-OH is 1. The van der Waals surface area contributed by atoms with Crippen LogP contribution in [0.25, 0.3) is 0 Å². The van der Waals surface area contributed by atoms with Gasteiger partial charge in [-0.1, -0.05) is 0 Å². The van der Waals surface area contributed by atoms with Crippen LogP contribution in [0.3, 0.4) is 0 Å². The molecular formula is C13H22N6O2. The van der Waals surface area contributed by atoms with Gasteiger partial charge in [-0.15, -0.1) is 0 Å². The van der Waals surface area contributed by atoms with Gasteiger partial charge in [-0.3, -0.25) is 0 Å². The maximum absolute atomic E-state index is 9.26. The van der Waals surface area contributed by atoms with Gasteiger partial charge in [0, 0.05) is 33.2 Å². The van der Waals surface area contributed by atoms with Crippen molar-refractivity contribution >= 4 is 17.8 Å². The molecule has 0 aliphatic carbocycles. The fraction of sp³-hybridized carbons (Fsp3) is 0.769. The molecule has 0 radical (unpaired) electrons. The molecule has 2 fully saturated rings. The number of aliphatic hydroxyl groups is 1. The van der Waals surface area contributed by atoms with Crippen LogP contribution in [0.1, 0.15) is 12.8 Å². The Kier molecular flexibility index (Phi) is 4.35. The second-order valence-corrected chi connectivity index (χ2v) is 5.32. The van der Waals surface area contributed by atoms with Gasteiger partial charge in [0.05, 0.1) is 19.3 Å². The van der Waals surface area contributed by atoms with E-state index in [9.17, 15) is 5.11 Å². The summed E-state index contributed by atoms with van der Waals surface area (Å²) in [6.45, 7) is 3.90. The highest BCUT2D eigenvalue weighted by Crippen LogP contribution is 2.21. The highest BCUT2D eigenvalue weighted by Gasteiger charge is 2.24. The first kappa shape index (κ1) is 14.3. The number of anilines is 3. The Labute approximate surface area is 124 Å². The van der Waals surface area contributed by atoms with Gasteiger partial charge < -0.3 is 25.0 Å². The van der Waals surface area contributed by atoms with E-state index in [2.05, 4.69) is 25.2 Å². The topological polar surface area (TPSA) is 86.6 Å². The number of nitrogens with one attached hydrogen (secondary N) is 1. The number of hydrogen-bond acceptors (Lipinski definition) is 8. The van der Waals surface area contributed by atoms with Gasteiger partial charge in [0.25, 0.3) is 0 Å². The van der Waals surface area contributed by atoms with Gasteiger partial charge in [-0.25, -0.2) is 0 Å². The van der Waals surface area contributed by atoms with Gasteiger partial charge >= 0.3 is 0 Å². The molecule has 116 valence electrons. The molecular weight excluding hydrogens is 272 g/mol. The quantitative estimate of drug-likeness (QED) is 0.783. The van der Waals surface area contributed by atoms with E-state index in [1.807, 2.05) is 11.9 Å². The lowest BCUT2D eigenvalue weighted by Gasteiger charge is -2.32. The minimum atomic E-state index is -0.177. The summed E-state index contributed by atoms with van der Waals surface area (Å²) < 4.78 is 5.48. The average molecular weight is 294 g/mol. The van der Waals surface area contributed by atoms with Gasteiger partial charge in [0.15, 0.2) is 0 Å². The number of hydrogen-bond donors (Lipinski definition) is 2. The monoisotopic (exact) mass is 294 g/mol. The Balaban J connectivity index is 1.84. The molecule has 21 heavy (non-hydrogen) atoms. The van der Waals surface area contributed by atoms with Crippen molar-refractivity contribution in [3.05, 3.63) is 0 Å². The summed E-state index contributed by atoms with van der Waals surface area (Å²) in [5.41, 5.74) is 0. The lowest BCUT2D eigenvalue weighted by molar-refractivity contribution is 0.00314. The smallest absolute Gasteiger partial charge is 0.232 e. The second kappa shape index (κ2) is 6.40. The molecule has 0 aromatic carbocycles. The van der Waals surface area contributed by atoms with Gasteiger partial charge in [-0.05, 0) is 12.8 Å². The first-order chi connectivity index (χ1) is 10.3. The van der Waals surface area contributed by atoms with Crippen molar-refractivity contribution in [2.45, 2.75) is 18.9 Å². The molecule has 2 aliphatic heterocycles. The van der Waals surface area contributed by atoms with E-state index in [1.165, 1.54) is 12.8 Å². The summed E-state index contributed by atoms with van der Waals surface area (Å²) in [4.78, 5) is 17.7. The first-order valence-corrected chi connectivity index (χ1v) is 7.46. The molecule has 2 aliphatic rings. The molecule has 1 aromatic rings. The van der Waals surface area contributed by atoms with Crippen LogP contribution in [0.15, 0.2) is 0 Å². The van der Waals surface area contributed by atoms with Crippen molar-refractivity contribution in [2.75, 3.05) is 61.6 Å². The van der Waals surface area contributed by atoms with Crippen molar-refractivity contribution in [3.8, 4) is 0 Å². The minimum Gasteiger partial charge on any atom is -0.394 e. The number of rotatable bonds is 4. The lowest BCUT2D eigenvalue weighted by atomic mass is 10.3. The molecule has 0 spiro atoms. The Morgan fingerprint density at radius 2 is 1.86 bits per heavy atom. The minimum absolute atomic E-state index is 0.0133. The van der Waals surface area contributed by atoms with Crippen molar-refractivity contribution in [1.29, 1.82) is 0 Å². The molecule has 1 unspecified atom stereocenters. The highest BCUT2D eigenvalue weighted by molar-refractivity contribution is 5.45. The molecule has 8 heteroatoms. The Bertz CT molecular complexity index is 480. The van der Waals surface area contributed by atoms with Crippen molar-refractivity contribution in [2.24, 2.45) is 0 Å². The summed E-state index contributed by atoms with van der Waals surface area (Å²) in [5.74, 6) is 1.96. The summed E-state index contributed by atoms with van der Waals surface area (Å²) in [5, 5.41) is 12.3. The van der Waals surface area contributed by atoms with Crippen LogP contribution in [0.2, 0.25) is 0 Å². The fourth-order valence-electron chi connectivity index (χ4n) is 2.68. The highest BCUT2D eigenvalue weighted by atomic mass is 16.5. The second-order valence-electron chi connectivity index (χ2n) is 5.32. The molecule has 1 atom stereocenters. The van der Waals surface area contributed by atoms with Crippen LogP contribution in [0, 0.1) is 0 Å². The standard InChI is InChI=1S/C13H22N6O2/c1-14-11-15-12(18-4-2-3-5-18)17-13(16-11)19-6-7-21-10(8-19)9-20/h10,20H,2-9H2,1H3,(H,14,15,16,17). The zero-order chi connectivity index (χ0) is 14.7. The van der Waals surface area contributed by atoms with Crippen molar-refractivity contribution in [1.82, 2.24) is 15.0 Å². The third-order valence-corrected chi connectivity index (χ3v) is 3.85. The Morgan fingerprint density at radius 3 is 2.52 bits per heavy atom. The number of morpholine rings is 1. The SMILES string of the molecule is CNc1nc(N2CCCC2)nc(N2CCOC(CO)C2)n1. The third-order valence-electron chi connectivity index (χ3n) is 3.85. The van der Waals surface area contributed by atoms with Crippen LogP contribution in [-0.4, -0.2) is 72.6 Å². The lowest BCUT2D eigenvalue weighted by Crippen LogP contribution is -2.45. The predicted octanol–water partition coefficient (Wildman–Crippen LogP) is -0.289. The molecule has 0 saturated carbocycles. The molecule has 3 rings (SSSR count). The first-order valence-electron chi connectivity index (χ1n) is 7.46. The average Bonchev–Trinajstić information content (AvgIpc) is 3.09. The summed E-state index contributed by atoms with van der Waals surface area (Å²) >= 11 is 0. The van der Waals surface area contributed by atoms with Gasteiger partial charge in [0.1, 0.15) is 0 Å². The Morgan fingerprint density at radius 1 is 1.14 bits per heavy atom. The molecule has 3 heterocycles. The normalized spacial score (nSPS) is 22.7. The van der Waals surface area contributed by atoms with E-state index in [-0.39, 0.29) is 12.7 Å². The van der Waals surface area contributed by atoms with Crippen LogP contribution >= 0.6 is 0 Å². The Hall–Kier alpha value is -1.67. The summed E-state index contributed by atoms with van der Waals surface area (Å²) in [6, 6.07) is 0. The maximum atomic E-state index is 9.26. The zero-order valence-electron chi connectivity index (χ0n) is 12.3. The molecule has 0 bridgehead atoms. The van der Waals surface area contributed by atoms with E-state index in [4.69, 9.17) is 4.74 Å². The van der Waals surface area contributed by atoms with Crippen molar-refractivity contribution < 1.29 is 9.84 Å². The van der Waals surface area contributed by atoms with Crippen molar-refractivity contribution in [3.63, 3.8) is 0 Å². The summed E-state index contributed by atoms with van der Waals surface area (Å²) in [7, 11) is 1.81. The molecule has 8 nitrogen and oxygen atoms in total. The summed E-state index contributed by atoms with van der Waals surface area (Å²) in [6.07, 6.45) is 2.18. The van der Waals surface area contributed by atoms with E-state index < -0.39 is 0 Å². The largest absolute Gasteiger partial charge is 0.394 e. The maximum Gasteiger partial charge on any atom is 0.232 e. The van der Waals surface area contributed by atoms with E-state index in [1.54, 1.807) is 0 Å². The van der Waals surface area contributed by atoms with Crippen LogP contribution in [0.4, 0.5) is 17.8 Å². The van der Waals surface area contributed by atoms with Gasteiger partial charge in [-0.2, -0.15) is 15.0 Å². The molecule has 1 aromatic heterocycles. The molecule has 2 saturated heterocycles. The van der Waals surface area contributed by atoms with E-state index in [0.717, 1.165) is 25.6 Å². The predicted molar refractivity (Wildman–Crippen MR) is 79.9 cm³/mol. The van der Waals surface area contributed by atoms with Crippen LogP contribution in [0.5, 0.6) is 0 Å². The van der Waals surface area contributed by atoms with E-state index >= 15 is 0 Å². The molecule has 2 N–H and O–H groups in total. The molecule has 0 amide bonds. The van der Waals surface area contributed by atoms with Crippen LogP contribution < -0.4 is 15.1 Å². The fourth-order valence-corrected chi connectivity index (χ4v) is 2.68. The van der Waals surface area contributed by atoms with E-state index in [0.29, 0.717) is 25.0 Å². The van der Waals surface area contributed by atoms with Gasteiger partial charge in [0.2, 0.25) is 17.8 Å². The zero-order valence-corrected chi connectivity index (χ0v) is 12.3. The number of nitrogens with zero attached hydrogens (tertiary/aromatic N) is 5.